The molecule has 1 aliphatic carbocycles. The van der Waals surface area contributed by atoms with Gasteiger partial charge in [0.25, 0.3) is 0 Å². The third-order valence-electron chi connectivity index (χ3n) is 6.61. The molecule has 1 aliphatic rings. The molecule has 0 saturated carbocycles. The van der Waals surface area contributed by atoms with Crippen LogP contribution >= 0.6 is 0 Å². The summed E-state index contributed by atoms with van der Waals surface area (Å²) in [5.41, 5.74) is 3.75. The Morgan fingerprint density at radius 1 is 1.00 bits per heavy atom. The molecule has 0 radical (unpaired) electrons. The van der Waals surface area contributed by atoms with Crippen molar-refractivity contribution in [3.05, 3.63) is 59.7 Å². The van der Waals surface area contributed by atoms with Crippen molar-refractivity contribution in [2.75, 3.05) is 13.2 Å². The number of ether oxygens (including phenoxy) is 1. The number of fused-ring (bicyclic) bond motifs is 3. The Hall–Kier alpha value is -3.35. The van der Waals surface area contributed by atoms with Gasteiger partial charge in [-0.1, -0.05) is 62.4 Å². The van der Waals surface area contributed by atoms with Crippen LogP contribution in [-0.2, 0) is 14.3 Å². The van der Waals surface area contributed by atoms with Crippen LogP contribution < -0.4 is 10.6 Å². The highest BCUT2D eigenvalue weighted by molar-refractivity contribution is 5.84. The maximum atomic E-state index is 12.9. The highest BCUT2D eigenvalue weighted by atomic mass is 16.5. The molecule has 0 bridgehead atoms. The van der Waals surface area contributed by atoms with Gasteiger partial charge in [-0.25, -0.2) is 4.79 Å². The Morgan fingerprint density at radius 3 is 2.06 bits per heavy atom. The highest BCUT2D eigenvalue weighted by Gasteiger charge is 2.36. The van der Waals surface area contributed by atoms with Gasteiger partial charge in [-0.3, -0.25) is 9.59 Å². The fourth-order valence-corrected chi connectivity index (χ4v) is 4.48. The number of hydrogen-bond donors (Lipinski definition) is 3. The van der Waals surface area contributed by atoms with Crippen LogP contribution in [0.5, 0.6) is 0 Å². The van der Waals surface area contributed by atoms with Crippen molar-refractivity contribution in [3.8, 4) is 11.1 Å². The second-order valence-corrected chi connectivity index (χ2v) is 8.64. The number of nitrogens with one attached hydrogen (secondary N) is 2. The van der Waals surface area contributed by atoms with Crippen molar-refractivity contribution in [3.63, 3.8) is 0 Å². The van der Waals surface area contributed by atoms with Gasteiger partial charge in [0.15, 0.2) is 0 Å². The van der Waals surface area contributed by atoms with Crippen molar-refractivity contribution >= 4 is 18.0 Å². The minimum atomic E-state index is -0.974. The number of hydrogen-bond acceptors (Lipinski definition) is 4. The Morgan fingerprint density at radius 2 is 1.55 bits per heavy atom. The first-order chi connectivity index (χ1) is 15.8. The molecular formula is C26H32N2O5. The smallest absolute Gasteiger partial charge is 0.407 e. The quantitative estimate of drug-likeness (QED) is 0.498. The van der Waals surface area contributed by atoms with Crippen LogP contribution in [0.25, 0.3) is 11.1 Å². The maximum Gasteiger partial charge on any atom is 0.407 e. The number of carboxylic acid groups (broad SMARTS) is 1. The van der Waals surface area contributed by atoms with Crippen LogP contribution in [0.15, 0.2) is 48.5 Å². The number of carbonyl (C=O) groups excluding carboxylic acids is 2. The summed E-state index contributed by atoms with van der Waals surface area (Å²) in [6.07, 6.45) is 0.265. The fourth-order valence-electron chi connectivity index (χ4n) is 4.48. The number of benzene rings is 2. The van der Waals surface area contributed by atoms with Crippen LogP contribution in [0.4, 0.5) is 4.79 Å². The molecule has 0 unspecified atom stereocenters. The predicted molar refractivity (Wildman–Crippen MR) is 126 cm³/mol. The molecule has 0 fully saturated rings. The summed E-state index contributed by atoms with van der Waals surface area (Å²) in [6.45, 7) is 5.73. The molecule has 3 rings (SSSR count). The number of amides is 2. The number of alkyl carbamates (subject to hydrolysis) is 1. The van der Waals surface area contributed by atoms with Gasteiger partial charge in [-0.15, -0.1) is 0 Å². The molecule has 7 heteroatoms. The molecule has 2 aromatic rings. The van der Waals surface area contributed by atoms with E-state index in [-0.39, 0.29) is 31.4 Å². The Labute approximate surface area is 194 Å². The van der Waals surface area contributed by atoms with E-state index < -0.39 is 23.5 Å². The lowest BCUT2D eigenvalue weighted by Crippen LogP contribution is -2.50. The van der Waals surface area contributed by atoms with E-state index in [1.54, 1.807) is 6.92 Å². The van der Waals surface area contributed by atoms with E-state index in [0.29, 0.717) is 12.8 Å². The lowest BCUT2D eigenvalue weighted by molar-refractivity contribution is -0.138. The second kappa shape index (κ2) is 10.5. The number of carbonyl (C=O) groups is 3. The third-order valence-corrected chi connectivity index (χ3v) is 6.61. The monoisotopic (exact) mass is 452 g/mol. The summed E-state index contributed by atoms with van der Waals surface area (Å²) < 4.78 is 5.58. The van der Waals surface area contributed by atoms with Crippen LogP contribution in [-0.4, -0.2) is 42.3 Å². The zero-order valence-corrected chi connectivity index (χ0v) is 19.4. The molecule has 0 aliphatic heterocycles. The van der Waals surface area contributed by atoms with E-state index in [9.17, 15) is 14.4 Å². The molecule has 0 aromatic heterocycles. The van der Waals surface area contributed by atoms with Gasteiger partial charge in [-0.2, -0.15) is 0 Å². The van der Waals surface area contributed by atoms with Crippen molar-refractivity contribution in [2.24, 2.45) is 5.41 Å². The Kier molecular flexibility index (Phi) is 7.74. The molecule has 0 spiro atoms. The SMILES string of the molecule is CCC(CC)(CNC(=O)OCC1c2ccccc2-c2ccccc21)C(=O)N[C@@H](C)CC(=O)O. The molecule has 7 nitrogen and oxygen atoms in total. The van der Waals surface area contributed by atoms with Crippen LogP contribution in [0, 0.1) is 5.41 Å². The van der Waals surface area contributed by atoms with Gasteiger partial charge in [0, 0.05) is 18.5 Å². The van der Waals surface area contributed by atoms with E-state index in [2.05, 4.69) is 34.9 Å². The first-order valence-corrected chi connectivity index (χ1v) is 11.4. The minimum absolute atomic E-state index is 0.0366. The van der Waals surface area contributed by atoms with Gasteiger partial charge < -0.3 is 20.5 Å². The van der Waals surface area contributed by atoms with Crippen molar-refractivity contribution in [1.82, 2.24) is 10.6 Å². The summed E-state index contributed by atoms with van der Waals surface area (Å²) in [6, 6.07) is 15.8. The first-order valence-electron chi connectivity index (χ1n) is 11.4. The minimum Gasteiger partial charge on any atom is -0.481 e. The van der Waals surface area contributed by atoms with Gasteiger partial charge in [0.05, 0.1) is 11.8 Å². The molecular weight excluding hydrogens is 420 g/mol. The number of carboxylic acids is 1. The Balaban J connectivity index is 1.61. The third kappa shape index (κ3) is 5.35. The topological polar surface area (TPSA) is 105 Å². The van der Waals surface area contributed by atoms with Gasteiger partial charge in [0.2, 0.25) is 5.91 Å². The average molecular weight is 453 g/mol. The lowest BCUT2D eigenvalue weighted by atomic mass is 9.81. The summed E-state index contributed by atoms with van der Waals surface area (Å²) >= 11 is 0. The zero-order chi connectivity index (χ0) is 24.0. The van der Waals surface area contributed by atoms with E-state index >= 15 is 0 Å². The molecule has 0 saturated heterocycles. The van der Waals surface area contributed by atoms with Crippen molar-refractivity contribution < 1.29 is 24.2 Å². The molecule has 0 heterocycles. The summed E-state index contributed by atoms with van der Waals surface area (Å²) in [4.78, 5) is 36.3. The maximum absolute atomic E-state index is 12.9. The molecule has 2 amide bonds. The van der Waals surface area contributed by atoms with E-state index in [4.69, 9.17) is 9.84 Å². The van der Waals surface area contributed by atoms with Crippen LogP contribution in [0.3, 0.4) is 0 Å². The standard InChI is InChI=1S/C26H32N2O5/c1-4-26(5-2,24(31)28-17(3)14-23(29)30)16-27-25(32)33-15-22-20-12-8-6-10-18(20)19-11-7-9-13-21(19)22/h6-13,17,22H,4-5,14-16H2,1-3H3,(H,27,32)(H,28,31)(H,29,30)/t17-/m0/s1. The largest absolute Gasteiger partial charge is 0.481 e. The highest BCUT2D eigenvalue weighted by Crippen LogP contribution is 2.44. The van der Waals surface area contributed by atoms with E-state index in [1.807, 2.05) is 38.1 Å². The normalized spacial score (nSPS) is 13.5. The second-order valence-electron chi connectivity index (χ2n) is 8.64. The average Bonchev–Trinajstić information content (AvgIpc) is 3.12. The fraction of sp³-hybridized carbons (Fsp3) is 0.423. The van der Waals surface area contributed by atoms with E-state index in [0.717, 1.165) is 22.3 Å². The van der Waals surface area contributed by atoms with Gasteiger partial charge in [-0.05, 0) is 42.0 Å². The van der Waals surface area contributed by atoms with Crippen LogP contribution in [0.2, 0.25) is 0 Å². The van der Waals surface area contributed by atoms with Crippen molar-refractivity contribution in [1.29, 1.82) is 0 Å². The van der Waals surface area contributed by atoms with Crippen LogP contribution in [0.1, 0.15) is 57.1 Å². The lowest BCUT2D eigenvalue weighted by Gasteiger charge is -2.31. The Bertz CT molecular complexity index is 970. The molecule has 1 atom stereocenters. The molecule has 2 aromatic carbocycles. The molecule has 3 N–H and O–H groups in total. The van der Waals surface area contributed by atoms with Gasteiger partial charge in [0.1, 0.15) is 6.61 Å². The number of rotatable bonds is 10. The van der Waals surface area contributed by atoms with E-state index in [1.165, 1.54) is 0 Å². The predicted octanol–water partition coefficient (Wildman–Crippen LogP) is 4.31. The number of aliphatic carboxylic acids is 1. The summed E-state index contributed by atoms with van der Waals surface area (Å²) in [5, 5.41) is 14.5. The summed E-state index contributed by atoms with van der Waals surface area (Å²) in [7, 11) is 0. The molecule has 33 heavy (non-hydrogen) atoms. The zero-order valence-electron chi connectivity index (χ0n) is 19.4. The first kappa shape index (κ1) is 24.3. The summed E-state index contributed by atoms with van der Waals surface area (Å²) in [5.74, 6) is -1.27. The molecule has 176 valence electrons. The van der Waals surface area contributed by atoms with Crippen molar-refractivity contribution in [2.45, 2.75) is 52.0 Å². The van der Waals surface area contributed by atoms with Gasteiger partial charge >= 0.3 is 12.1 Å².